The van der Waals surface area contributed by atoms with Gasteiger partial charge in [-0.05, 0) is 67.9 Å². The van der Waals surface area contributed by atoms with Crippen LogP contribution in [0.5, 0.6) is 11.5 Å². The van der Waals surface area contributed by atoms with E-state index < -0.39 is 0 Å². The van der Waals surface area contributed by atoms with Gasteiger partial charge in [0.1, 0.15) is 0 Å². The van der Waals surface area contributed by atoms with Gasteiger partial charge in [0, 0.05) is 17.6 Å². The summed E-state index contributed by atoms with van der Waals surface area (Å²) in [6.07, 6.45) is 1.99. The summed E-state index contributed by atoms with van der Waals surface area (Å²) in [6, 6.07) is 13.0. The van der Waals surface area contributed by atoms with E-state index in [4.69, 9.17) is 9.47 Å². The van der Waals surface area contributed by atoms with E-state index in [1.165, 1.54) is 16.7 Å². The first-order valence-corrected chi connectivity index (χ1v) is 9.85. The highest BCUT2D eigenvalue weighted by atomic mass is 79.9. The van der Waals surface area contributed by atoms with E-state index in [1.807, 2.05) is 0 Å². The van der Waals surface area contributed by atoms with Crippen molar-refractivity contribution in [3.63, 3.8) is 0 Å². The average molecular weight is 419 g/mol. The summed E-state index contributed by atoms with van der Waals surface area (Å²) >= 11 is 3.52. The maximum Gasteiger partial charge on any atom is 0.161 e. The van der Waals surface area contributed by atoms with Crippen molar-refractivity contribution in [3.05, 3.63) is 57.6 Å². The van der Waals surface area contributed by atoms with Crippen LogP contribution < -0.4 is 14.8 Å². The minimum Gasteiger partial charge on any atom is -0.493 e. The van der Waals surface area contributed by atoms with E-state index in [0.717, 1.165) is 41.9 Å². The molecule has 0 fully saturated rings. The number of methoxy groups -OCH3 is 1. The third-order valence-corrected chi connectivity index (χ3v) is 5.22. The Morgan fingerprint density at radius 1 is 1.15 bits per heavy atom. The number of nitrogens with one attached hydrogen (secondary N) is 1. The number of benzene rings is 2. The fourth-order valence-corrected chi connectivity index (χ4v) is 3.62. The number of rotatable bonds is 7. The Balaban J connectivity index is 1.85. The molecule has 0 saturated heterocycles. The molecule has 0 bridgehead atoms. The van der Waals surface area contributed by atoms with Crippen molar-refractivity contribution >= 4 is 15.9 Å². The second-order valence-corrected chi connectivity index (χ2v) is 7.81. The number of nitrogens with zero attached hydrogens (tertiary/aromatic N) is 1. The third-order valence-electron chi connectivity index (χ3n) is 4.69. The lowest BCUT2D eigenvalue weighted by molar-refractivity contribution is 0.267. The molecule has 0 saturated carbocycles. The lowest BCUT2D eigenvalue weighted by Gasteiger charge is -2.29. The number of halogens is 1. The summed E-state index contributed by atoms with van der Waals surface area (Å²) in [7, 11) is 5.86. The zero-order valence-corrected chi connectivity index (χ0v) is 17.3. The van der Waals surface area contributed by atoms with E-state index in [9.17, 15) is 0 Å². The quantitative estimate of drug-likeness (QED) is 0.688. The van der Waals surface area contributed by atoms with Crippen molar-refractivity contribution in [2.75, 3.05) is 40.9 Å². The maximum atomic E-state index is 6.06. The molecule has 1 aliphatic heterocycles. The van der Waals surface area contributed by atoms with E-state index in [1.54, 1.807) is 7.11 Å². The molecular formula is C21H27BrN2O2. The first-order valence-electron chi connectivity index (χ1n) is 9.05. The van der Waals surface area contributed by atoms with Crippen molar-refractivity contribution in [3.8, 4) is 11.5 Å². The van der Waals surface area contributed by atoms with Crippen molar-refractivity contribution in [2.24, 2.45) is 0 Å². The number of hydrogen-bond acceptors (Lipinski definition) is 4. The van der Waals surface area contributed by atoms with Gasteiger partial charge in [0.2, 0.25) is 0 Å². The molecule has 0 aliphatic carbocycles. The molecule has 0 amide bonds. The molecule has 1 atom stereocenters. The molecular weight excluding hydrogens is 392 g/mol. The van der Waals surface area contributed by atoms with Crippen molar-refractivity contribution in [2.45, 2.75) is 18.9 Å². The maximum absolute atomic E-state index is 6.06. The summed E-state index contributed by atoms with van der Waals surface area (Å²) in [6.45, 7) is 2.65. The Labute approximate surface area is 164 Å². The van der Waals surface area contributed by atoms with E-state index in [2.05, 4.69) is 76.6 Å². The summed E-state index contributed by atoms with van der Waals surface area (Å²) in [5, 5.41) is 3.64. The van der Waals surface area contributed by atoms with Crippen LogP contribution in [-0.2, 0) is 6.42 Å². The van der Waals surface area contributed by atoms with Crippen LogP contribution in [0.4, 0.5) is 0 Å². The monoisotopic (exact) mass is 418 g/mol. The molecule has 2 aromatic rings. The average Bonchev–Trinajstić information content (AvgIpc) is 2.64. The van der Waals surface area contributed by atoms with Gasteiger partial charge in [-0.25, -0.2) is 0 Å². The number of hydrogen-bond donors (Lipinski definition) is 1. The van der Waals surface area contributed by atoms with Gasteiger partial charge in [-0.1, -0.05) is 28.1 Å². The van der Waals surface area contributed by atoms with E-state index >= 15 is 0 Å². The molecule has 1 aliphatic rings. The first-order chi connectivity index (χ1) is 12.6. The van der Waals surface area contributed by atoms with Crippen LogP contribution in [0.3, 0.4) is 0 Å². The van der Waals surface area contributed by atoms with Gasteiger partial charge in [-0.2, -0.15) is 0 Å². The van der Waals surface area contributed by atoms with Crippen LogP contribution in [0, 0.1) is 0 Å². The van der Waals surface area contributed by atoms with Crippen molar-refractivity contribution < 1.29 is 9.47 Å². The third kappa shape index (κ3) is 4.58. The fraction of sp³-hybridized carbons (Fsp3) is 0.429. The molecule has 0 aromatic heterocycles. The molecule has 1 unspecified atom stereocenters. The fourth-order valence-electron chi connectivity index (χ4n) is 3.35. The zero-order chi connectivity index (χ0) is 18.5. The largest absolute Gasteiger partial charge is 0.493 e. The zero-order valence-electron chi connectivity index (χ0n) is 15.7. The number of ether oxygens (including phenoxy) is 2. The van der Waals surface area contributed by atoms with Gasteiger partial charge in [-0.3, -0.25) is 0 Å². The topological polar surface area (TPSA) is 33.7 Å². The molecule has 4 nitrogen and oxygen atoms in total. The molecule has 140 valence electrons. The van der Waals surface area contributed by atoms with Crippen molar-refractivity contribution in [1.82, 2.24) is 10.2 Å². The van der Waals surface area contributed by atoms with Crippen LogP contribution in [0.1, 0.15) is 29.2 Å². The van der Waals surface area contributed by atoms with E-state index in [0.29, 0.717) is 6.61 Å². The van der Waals surface area contributed by atoms with E-state index in [-0.39, 0.29) is 6.04 Å². The summed E-state index contributed by atoms with van der Waals surface area (Å²) in [5.74, 6) is 1.65. The van der Waals surface area contributed by atoms with Crippen LogP contribution >= 0.6 is 15.9 Å². The Morgan fingerprint density at radius 2 is 1.92 bits per heavy atom. The molecule has 2 aromatic carbocycles. The summed E-state index contributed by atoms with van der Waals surface area (Å²) in [5.41, 5.74) is 3.87. The minimum atomic E-state index is 0.182. The van der Waals surface area contributed by atoms with Gasteiger partial charge in [0.15, 0.2) is 11.5 Å². The molecule has 0 radical (unpaired) electrons. The van der Waals surface area contributed by atoms with Crippen LogP contribution in [0.25, 0.3) is 0 Å². The Morgan fingerprint density at radius 3 is 2.62 bits per heavy atom. The number of fused-ring (bicyclic) bond motifs is 1. The van der Waals surface area contributed by atoms with Gasteiger partial charge in [-0.15, -0.1) is 0 Å². The predicted molar refractivity (Wildman–Crippen MR) is 109 cm³/mol. The second-order valence-electron chi connectivity index (χ2n) is 6.90. The molecule has 0 spiro atoms. The van der Waals surface area contributed by atoms with Crippen LogP contribution in [0.15, 0.2) is 40.9 Å². The molecule has 1 heterocycles. The lowest BCUT2D eigenvalue weighted by atomic mass is 9.89. The van der Waals surface area contributed by atoms with Crippen LogP contribution in [0.2, 0.25) is 0 Å². The Kier molecular flexibility index (Phi) is 6.57. The SMILES string of the molecule is COc1cc2c(cc1OCCCN(C)C)C(c1ccc(Br)cc1)NCC2. The van der Waals surface area contributed by atoms with Gasteiger partial charge >= 0.3 is 0 Å². The first kappa shape index (κ1) is 19.2. The predicted octanol–water partition coefficient (Wildman–Crippen LogP) is 4.02. The summed E-state index contributed by atoms with van der Waals surface area (Å²) < 4.78 is 12.7. The minimum absolute atomic E-state index is 0.182. The molecule has 5 heteroatoms. The highest BCUT2D eigenvalue weighted by Crippen LogP contribution is 2.37. The van der Waals surface area contributed by atoms with Crippen molar-refractivity contribution in [1.29, 1.82) is 0 Å². The standard InChI is InChI=1S/C21H27BrN2O2/c1-24(2)11-4-12-26-20-14-18-16(13-19(20)25-3)9-10-23-21(18)15-5-7-17(22)8-6-15/h5-8,13-14,21,23H,4,9-12H2,1-3H3. The normalized spacial score (nSPS) is 16.4. The van der Waals surface area contributed by atoms with Gasteiger partial charge in [0.25, 0.3) is 0 Å². The Bertz CT molecular complexity index is 732. The molecule has 26 heavy (non-hydrogen) atoms. The summed E-state index contributed by atoms with van der Waals surface area (Å²) in [4.78, 5) is 2.17. The van der Waals surface area contributed by atoms with Gasteiger partial charge in [0.05, 0.1) is 19.8 Å². The molecule has 3 rings (SSSR count). The molecule has 1 N–H and O–H groups in total. The highest BCUT2D eigenvalue weighted by Gasteiger charge is 2.24. The van der Waals surface area contributed by atoms with Gasteiger partial charge < -0.3 is 19.7 Å². The second kappa shape index (κ2) is 8.89. The highest BCUT2D eigenvalue weighted by molar-refractivity contribution is 9.10. The Hall–Kier alpha value is -1.56. The lowest BCUT2D eigenvalue weighted by Crippen LogP contribution is -2.30. The smallest absolute Gasteiger partial charge is 0.161 e. The van der Waals surface area contributed by atoms with Crippen LogP contribution in [-0.4, -0.2) is 45.8 Å².